The van der Waals surface area contributed by atoms with Crippen molar-refractivity contribution in [1.82, 2.24) is 5.32 Å². The summed E-state index contributed by atoms with van der Waals surface area (Å²) in [5, 5.41) is 3.56. The minimum absolute atomic E-state index is 0.00309. The van der Waals surface area contributed by atoms with E-state index in [1.165, 1.54) is 12.8 Å². The normalized spacial score (nSPS) is 39.0. The van der Waals surface area contributed by atoms with Crippen LogP contribution in [0.5, 0.6) is 0 Å². The second kappa shape index (κ2) is 5.91. The van der Waals surface area contributed by atoms with Crippen molar-refractivity contribution in [3.8, 4) is 0 Å². The fourth-order valence-electron chi connectivity index (χ4n) is 4.53. The lowest BCUT2D eigenvalue weighted by Crippen LogP contribution is -2.56. The summed E-state index contributed by atoms with van der Waals surface area (Å²) in [4.78, 5) is 0. The highest BCUT2D eigenvalue weighted by Crippen LogP contribution is 2.42. The fourth-order valence-corrected chi connectivity index (χ4v) is 4.53. The predicted octanol–water partition coefficient (Wildman–Crippen LogP) is 2.12. The van der Waals surface area contributed by atoms with Crippen molar-refractivity contribution >= 4 is 0 Å². The van der Waals surface area contributed by atoms with Gasteiger partial charge in [-0.2, -0.15) is 0 Å². The van der Waals surface area contributed by atoms with Gasteiger partial charge < -0.3 is 19.5 Å². The first-order chi connectivity index (χ1) is 9.68. The summed E-state index contributed by atoms with van der Waals surface area (Å²) in [5.74, 6) is 0.648. The Bertz CT molecular complexity index is 316. The number of hydrogen-bond acceptors (Lipinski definition) is 4. The van der Waals surface area contributed by atoms with E-state index >= 15 is 0 Å². The van der Waals surface area contributed by atoms with Crippen LogP contribution in [-0.2, 0) is 14.2 Å². The van der Waals surface area contributed by atoms with Crippen molar-refractivity contribution in [2.24, 2.45) is 5.92 Å². The highest BCUT2D eigenvalue weighted by molar-refractivity contribution is 5.00. The first kappa shape index (κ1) is 14.8. The molecule has 3 atom stereocenters. The van der Waals surface area contributed by atoms with Crippen LogP contribution in [0.15, 0.2) is 0 Å². The van der Waals surface area contributed by atoms with Gasteiger partial charge in [0.1, 0.15) is 0 Å². The molecule has 4 nitrogen and oxygen atoms in total. The van der Waals surface area contributed by atoms with E-state index < -0.39 is 0 Å². The monoisotopic (exact) mass is 283 g/mol. The van der Waals surface area contributed by atoms with Gasteiger partial charge in [0.15, 0.2) is 0 Å². The molecule has 116 valence electrons. The Balaban J connectivity index is 1.71. The van der Waals surface area contributed by atoms with Gasteiger partial charge in [0.25, 0.3) is 0 Å². The fraction of sp³-hybridized carbons (Fsp3) is 1.00. The molecule has 0 aromatic carbocycles. The molecular formula is C16H29NO3. The zero-order chi connectivity index (χ0) is 14.1. The Hall–Kier alpha value is -0.160. The van der Waals surface area contributed by atoms with Gasteiger partial charge in [-0.1, -0.05) is 0 Å². The minimum atomic E-state index is 0.00309. The number of rotatable bonds is 3. The third-order valence-corrected chi connectivity index (χ3v) is 5.62. The molecule has 3 aliphatic heterocycles. The van der Waals surface area contributed by atoms with Crippen LogP contribution in [0.1, 0.15) is 45.4 Å². The quantitative estimate of drug-likeness (QED) is 0.861. The number of hydrogen-bond donors (Lipinski definition) is 1. The van der Waals surface area contributed by atoms with Gasteiger partial charge in [-0.25, -0.2) is 0 Å². The number of likely N-dealkylation sites (N-methyl/N-ethyl adjacent to an activating group) is 1. The van der Waals surface area contributed by atoms with Gasteiger partial charge in [0, 0.05) is 32.5 Å². The lowest BCUT2D eigenvalue weighted by atomic mass is 9.73. The molecule has 3 aliphatic rings. The van der Waals surface area contributed by atoms with E-state index in [-0.39, 0.29) is 11.2 Å². The van der Waals surface area contributed by atoms with Crippen molar-refractivity contribution in [3.63, 3.8) is 0 Å². The first-order valence-electron chi connectivity index (χ1n) is 8.20. The summed E-state index contributed by atoms with van der Waals surface area (Å²) in [6.45, 7) is 5.79. The minimum Gasteiger partial charge on any atom is -0.381 e. The topological polar surface area (TPSA) is 39.7 Å². The molecule has 3 saturated heterocycles. The SMILES string of the molecule is CNC(C1CCOC2(CCOCC2)C1)C1(C)CCCO1. The number of nitrogens with one attached hydrogen (secondary N) is 1. The van der Waals surface area contributed by atoms with Crippen molar-refractivity contribution in [2.45, 2.75) is 62.7 Å². The predicted molar refractivity (Wildman–Crippen MR) is 77.9 cm³/mol. The standard InChI is InChI=1S/C16H29NO3/c1-15(5-3-8-19-15)14(17-2)13-4-9-20-16(12-13)6-10-18-11-7-16/h13-14,17H,3-12H2,1-2H3. The molecule has 1 N–H and O–H groups in total. The van der Waals surface area contributed by atoms with Gasteiger partial charge in [-0.05, 0) is 58.4 Å². The van der Waals surface area contributed by atoms with Crippen LogP contribution in [0.25, 0.3) is 0 Å². The maximum absolute atomic E-state index is 6.18. The van der Waals surface area contributed by atoms with Crippen LogP contribution in [0.3, 0.4) is 0 Å². The molecule has 3 unspecified atom stereocenters. The Morgan fingerprint density at radius 2 is 1.85 bits per heavy atom. The Morgan fingerprint density at radius 1 is 1.05 bits per heavy atom. The zero-order valence-corrected chi connectivity index (χ0v) is 13.0. The molecule has 0 bridgehead atoms. The summed E-state index contributed by atoms with van der Waals surface area (Å²) >= 11 is 0. The summed E-state index contributed by atoms with van der Waals surface area (Å²) in [5.41, 5.74) is 0.0777. The molecule has 20 heavy (non-hydrogen) atoms. The molecule has 3 heterocycles. The molecule has 0 amide bonds. The second-order valence-electron chi connectivity index (χ2n) is 6.93. The van der Waals surface area contributed by atoms with Gasteiger partial charge in [-0.3, -0.25) is 0 Å². The molecule has 3 rings (SSSR count). The molecule has 0 radical (unpaired) electrons. The lowest BCUT2D eigenvalue weighted by molar-refractivity contribution is -0.158. The average Bonchev–Trinajstić information content (AvgIpc) is 2.88. The van der Waals surface area contributed by atoms with Gasteiger partial charge in [0.05, 0.1) is 11.2 Å². The molecular weight excluding hydrogens is 254 g/mol. The molecule has 3 fully saturated rings. The van der Waals surface area contributed by atoms with E-state index in [1.54, 1.807) is 0 Å². The highest BCUT2D eigenvalue weighted by Gasteiger charge is 2.47. The molecule has 1 spiro atoms. The molecule has 4 heteroatoms. The van der Waals surface area contributed by atoms with Crippen LogP contribution in [0, 0.1) is 5.92 Å². The van der Waals surface area contributed by atoms with E-state index in [0.29, 0.717) is 12.0 Å². The Labute approximate surface area is 122 Å². The van der Waals surface area contributed by atoms with Gasteiger partial charge in [-0.15, -0.1) is 0 Å². The van der Waals surface area contributed by atoms with Crippen molar-refractivity contribution < 1.29 is 14.2 Å². The Kier molecular flexibility index (Phi) is 4.37. The maximum Gasteiger partial charge on any atom is 0.0810 e. The third kappa shape index (κ3) is 2.76. The van der Waals surface area contributed by atoms with Crippen LogP contribution >= 0.6 is 0 Å². The molecule has 0 aromatic heterocycles. The molecule has 0 aromatic rings. The molecule has 0 saturated carbocycles. The van der Waals surface area contributed by atoms with Gasteiger partial charge >= 0.3 is 0 Å². The third-order valence-electron chi connectivity index (χ3n) is 5.62. The number of ether oxygens (including phenoxy) is 3. The van der Waals surface area contributed by atoms with Crippen molar-refractivity contribution in [3.05, 3.63) is 0 Å². The maximum atomic E-state index is 6.18. The summed E-state index contributed by atoms with van der Waals surface area (Å²) < 4.78 is 17.8. The highest BCUT2D eigenvalue weighted by atomic mass is 16.5. The summed E-state index contributed by atoms with van der Waals surface area (Å²) in [6.07, 6.45) is 6.77. The van der Waals surface area contributed by atoms with Crippen LogP contribution in [0.4, 0.5) is 0 Å². The van der Waals surface area contributed by atoms with E-state index in [1.807, 2.05) is 0 Å². The zero-order valence-electron chi connectivity index (χ0n) is 13.0. The molecule has 0 aliphatic carbocycles. The van der Waals surface area contributed by atoms with E-state index in [0.717, 1.165) is 52.1 Å². The Morgan fingerprint density at radius 3 is 2.50 bits per heavy atom. The van der Waals surface area contributed by atoms with Crippen LogP contribution in [0.2, 0.25) is 0 Å². The van der Waals surface area contributed by atoms with Crippen molar-refractivity contribution in [1.29, 1.82) is 0 Å². The smallest absolute Gasteiger partial charge is 0.0810 e. The lowest BCUT2D eigenvalue weighted by Gasteiger charge is -2.48. The van der Waals surface area contributed by atoms with E-state index in [2.05, 4.69) is 19.3 Å². The second-order valence-corrected chi connectivity index (χ2v) is 6.93. The van der Waals surface area contributed by atoms with Gasteiger partial charge in [0.2, 0.25) is 0 Å². The van der Waals surface area contributed by atoms with Crippen LogP contribution in [-0.4, -0.2) is 50.7 Å². The summed E-state index contributed by atoms with van der Waals surface area (Å²) in [7, 11) is 2.09. The first-order valence-corrected chi connectivity index (χ1v) is 8.20. The van der Waals surface area contributed by atoms with E-state index in [4.69, 9.17) is 14.2 Å². The van der Waals surface area contributed by atoms with Crippen molar-refractivity contribution in [2.75, 3.05) is 33.5 Å². The van der Waals surface area contributed by atoms with Crippen LogP contribution < -0.4 is 5.32 Å². The van der Waals surface area contributed by atoms with E-state index in [9.17, 15) is 0 Å². The summed E-state index contributed by atoms with van der Waals surface area (Å²) in [6, 6.07) is 0.439. The average molecular weight is 283 g/mol. The largest absolute Gasteiger partial charge is 0.381 e.